The van der Waals surface area contributed by atoms with Crippen LogP contribution in [0.2, 0.25) is 0 Å². The third-order valence-corrected chi connectivity index (χ3v) is 2.84. The maximum Gasteiger partial charge on any atom is 0.356 e. The Morgan fingerprint density at radius 3 is 2.57 bits per heavy atom. The highest BCUT2D eigenvalue weighted by Crippen LogP contribution is 2.17. The van der Waals surface area contributed by atoms with Crippen molar-refractivity contribution in [1.29, 1.82) is 0 Å². The van der Waals surface area contributed by atoms with Crippen LogP contribution in [0, 0.1) is 0 Å². The number of aliphatic hydroxyl groups is 1. The van der Waals surface area contributed by atoms with Gasteiger partial charge in [-0.25, -0.2) is 14.8 Å². The maximum absolute atomic E-state index is 11.3. The molecule has 1 atom stereocenters. The molecule has 1 heterocycles. The van der Waals surface area contributed by atoms with E-state index in [1.165, 1.54) is 6.20 Å². The largest absolute Gasteiger partial charge is 0.476 e. The molecule has 0 aliphatic rings. The molecule has 7 nitrogen and oxygen atoms in total. The molecule has 0 radical (unpaired) electrons. The minimum Gasteiger partial charge on any atom is -0.476 e. The highest BCUT2D eigenvalue weighted by Gasteiger charge is 2.23. The second-order valence-corrected chi connectivity index (χ2v) is 6.04. The van der Waals surface area contributed by atoms with Crippen molar-refractivity contribution in [3.63, 3.8) is 0 Å². The van der Waals surface area contributed by atoms with E-state index in [4.69, 9.17) is 0 Å². The van der Waals surface area contributed by atoms with Crippen LogP contribution < -0.4 is 5.32 Å². The van der Waals surface area contributed by atoms with E-state index in [2.05, 4.69) is 15.3 Å². The van der Waals surface area contributed by atoms with Crippen LogP contribution >= 0.6 is 0 Å². The summed E-state index contributed by atoms with van der Waals surface area (Å²) in [5.41, 5.74) is -0.754. The zero-order chi connectivity index (χ0) is 16.2. The van der Waals surface area contributed by atoms with E-state index in [9.17, 15) is 15.0 Å². The van der Waals surface area contributed by atoms with Crippen LogP contribution in [0.4, 0.5) is 5.69 Å². The van der Waals surface area contributed by atoms with E-state index in [0.717, 1.165) is 0 Å². The summed E-state index contributed by atoms with van der Waals surface area (Å²) in [6.45, 7) is 6.14. The molecule has 21 heavy (non-hydrogen) atoms. The Labute approximate surface area is 125 Å². The molecular weight excluding hydrogens is 272 g/mol. The van der Waals surface area contributed by atoms with Crippen molar-refractivity contribution in [3.8, 4) is 0 Å². The van der Waals surface area contributed by atoms with Crippen LogP contribution in [0.15, 0.2) is 6.20 Å². The molecule has 0 bridgehead atoms. The minimum absolute atomic E-state index is 0.0500. The fourth-order valence-corrected chi connectivity index (χ4v) is 1.99. The van der Waals surface area contributed by atoms with Crippen LogP contribution in [-0.2, 0) is 0 Å². The van der Waals surface area contributed by atoms with Crippen molar-refractivity contribution in [2.45, 2.75) is 32.3 Å². The first kappa shape index (κ1) is 17.3. The topological polar surface area (TPSA) is 98.6 Å². The number of aromatic carboxylic acids is 1. The lowest BCUT2D eigenvalue weighted by Crippen LogP contribution is -2.43. The summed E-state index contributed by atoms with van der Waals surface area (Å²) in [7, 11) is 3.72. The summed E-state index contributed by atoms with van der Waals surface area (Å²) in [4.78, 5) is 21.4. The van der Waals surface area contributed by atoms with Gasteiger partial charge in [-0.3, -0.25) is 0 Å². The molecular formula is C14H24N4O3. The van der Waals surface area contributed by atoms with Gasteiger partial charge in [-0.05, 0) is 21.0 Å². The number of rotatable bonds is 7. The average molecular weight is 296 g/mol. The van der Waals surface area contributed by atoms with Crippen molar-refractivity contribution in [2.24, 2.45) is 0 Å². The fourth-order valence-electron chi connectivity index (χ4n) is 1.99. The summed E-state index contributed by atoms with van der Waals surface area (Å²) in [5.74, 6) is -0.582. The summed E-state index contributed by atoms with van der Waals surface area (Å²) in [6.07, 6.45) is 1.46. The fraction of sp³-hybridized carbons (Fsp3) is 0.643. The smallest absolute Gasteiger partial charge is 0.356 e. The van der Waals surface area contributed by atoms with E-state index >= 15 is 0 Å². The van der Waals surface area contributed by atoms with Gasteiger partial charge in [0.15, 0.2) is 5.69 Å². The van der Waals surface area contributed by atoms with E-state index in [0.29, 0.717) is 18.1 Å². The lowest BCUT2D eigenvalue weighted by molar-refractivity contribution is 0.0458. The molecule has 118 valence electrons. The number of aromatic nitrogens is 2. The van der Waals surface area contributed by atoms with Gasteiger partial charge in [-0.15, -0.1) is 0 Å². The zero-order valence-electron chi connectivity index (χ0n) is 13.2. The first-order valence-corrected chi connectivity index (χ1v) is 6.83. The molecule has 1 aromatic rings. The van der Waals surface area contributed by atoms with Crippen molar-refractivity contribution >= 4 is 11.7 Å². The molecule has 1 rings (SSSR count). The van der Waals surface area contributed by atoms with Gasteiger partial charge in [-0.2, -0.15) is 0 Å². The first-order valence-electron chi connectivity index (χ1n) is 6.83. The van der Waals surface area contributed by atoms with Gasteiger partial charge in [0, 0.05) is 19.0 Å². The number of carboxylic acids is 1. The van der Waals surface area contributed by atoms with Crippen molar-refractivity contribution in [3.05, 3.63) is 17.7 Å². The summed E-state index contributed by atoms with van der Waals surface area (Å²) in [5, 5.41) is 22.4. The normalized spacial score (nSPS) is 14.3. The molecule has 0 aliphatic heterocycles. The SMILES string of the molecule is CC(C)c1ncc(NCC(C)(O)CN(C)C)c(C(=O)O)n1. The van der Waals surface area contributed by atoms with Crippen LogP contribution in [0.5, 0.6) is 0 Å². The number of likely N-dealkylation sites (N-methyl/N-ethyl adjacent to an activating group) is 1. The molecule has 1 aromatic heterocycles. The molecule has 0 saturated carbocycles. The van der Waals surface area contributed by atoms with Gasteiger partial charge in [0.2, 0.25) is 0 Å². The van der Waals surface area contributed by atoms with E-state index < -0.39 is 11.6 Å². The number of nitrogens with zero attached hydrogens (tertiary/aromatic N) is 3. The van der Waals surface area contributed by atoms with Crippen LogP contribution in [0.1, 0.15) is 43.0 Å². The minimum atomic E-state index is -1.12. The first-order chi connectivity index (χ1) is 9.62. The average Bonchev–Trinajstić information content (AvgIpc) is 2.34. The second-order valence-electron chi connectivity index (χ2n) is 6.04. The predicted molar refractivity (Wildman–Crippen MR) is 80.7 cm³/mol. The molecule has 0 aliphatic carbocycles. The Bertz CT molecular complexity index is 501. The van der Waals surface area contributed by atoms with Gasteiger partial charge in [0.25, 0.3) is 0 Å². The number of hydrogen-bond donors (Lipinski definition) is 3. The lowest BCUT2D eigenvalue weighted by atomic mass is 10.1. The van der Waals surface area contributed by atoms with Gasteiger partial charge in [0.1, 0.15) is 5.82 Å². The number of anilines is 1. The Balaban J connectivity index is 2.90. The predicted octanol–water partition coefficient (Wildman–Crippen LogP) is 1.02. The molecule has 1 unspecified atom stereocenters. The monoisotopic (exact) mass is 296 g/mol. The summed E-state index contributed by atoms with van der Waals surface area (Å²) < 4.78 is 0. The number of hydrogen-bond acceptors (Lipinski definition) is 6. The second kappa shape index (κ2) is 6.82. The zero-order valence-corrected chi connectivity index (χ0v) is 13.2. The van der Waals surface area contributed by atoms with E-state index in [1.54, 1.807) is 6.92 Å². The highest BCUT2D eigenvalue weighted by atomic mass is 16.4. The molecule has 0 aromatic carbocycles. The third-order valence-electron chi connectivity index (χ3n) is 2.84. The lowest BCUT2D eigenvalue weighted by Gasteiger charge is -2.27. The standard InChI is InChI=1S/C14H24N4O3/c1-9(2)12-15-6-10(11(17-12)13(19)20)16-7-14(3,21)8-18(4)5/h6,9,16,21H,7-8H2,1-5H3,(H,19,20). The summed E-state index contributed by atoms with van der Waals surface area (Å²) >= 11 is 0. The molecule has 0 spiro atoms. The Morgan fingerprint density at radius 1 is 1.48 bits per heavy atom. The van der Waals surface area contributed by atoms with E-state index in [-0.39, 0.29) is 18.2 Å². The van der Waals surface area contributed by atoms with Crippen LogP contribution in [-0.4, -0.2) is 63.8 Å². The highest BCUT2D eigenvalue weighted by molar-refractivity contribution is 5.91. The molecule has 7 heteroatoms. The Hall–Kier alpha value is -1.73. The van der Waals surface area contributed by atoms with Gasteiger partial charge in [-0.1, -0.05) is 13.8 Å². The quantitative estimate of drug-likeness (QED) is 0.691. The Morgan fingerprint density at radius 2 is 2.10 bits per heavy atom. The molecule has 0 amide bonds. The molecule has 3 N–H and O–H groups in total. The van der Waals surface area contributed by atoms with Gasteiger partial charge in [0.05, 0.1) is 17.5 Å². The maximum atomic E-state index is 11.3. The third kappa shape index (κ3) is 5.28. The van der Waals surface area contributed by atoms with Crippen molar-refractivity contribution < 1.29 is 15.0 Å². The van der Waals surface area contributed by atoms with E-state index in [1.807, 2.05) is 32.8 Å². The summed E-state index contributed by atoms with van der Waals surface area (Å²) in [6, 6.07) is 0. The van der Waals surface area contributed by atoms with Gasteiger partial charge >= 0.3 is 5.97 Å². The van der Waals surface area contributed by atoms with Gasteiger partial charge < -0.3 is 20.4 Å². The number of carboxylic acid groups (broad SMARTS) is 1. The van der Waals surface area contributed by atoms with Crippen LogP contribution in [0.3, 0.4) is 0 Å². The Kier molecular flexibility index (Phi) is 5.62. The molecule has 0 saturated heterocycles. The van der Waals surface area contributed by atoms with Crippen molar-refractivity contribution in [2.75, 3.05) is 32.5 Å². The van der Waals surface area contributed by atoms with Crippen LogP contribution in [0.25, 0.3) is 0 Å². The number of carbonyl (C=O) groups is 1. The van der Waals surface area contributed by atoms with Crippen molar-refractivity contribution in [1.82, 2.24) is 14.9 Å². The number of nitrogens with one attached hydrogen (secondary N) is 1. The molecule has 0 fully saturated rings.